The van der Waals surface area contributed by atoms with E-state index >= 15 is 0 Å². The number of fused-ring (bicyclic) bond motifs is 1. The predicted octanol–water partition coefficient (Wildman–Crippen LogP) is 2.02. The standard InChI is InChI=1S/C24H38N4O/c1-17(2)15-28-16-20-13-19-14-27-24(20,23(29)26-11-7-6-10-25)22(28)21(19)12-18-8-4-3-5-9-18/h3-5,8-9,17,19-22,27H,6-7,10-16,25H2,1-2H3,(H,26,29). The Morgan fingerprint density at radius 1 is 1.31 bits per heavy atom. The molecule has 1 aromatic carbocycles. The first kappa shape index (κ1) is 20.8. The molecule has 5 unspecified atom stereocenters. The number of hydrogen-bond donors (Lipinski definition) is 3. The molecule has 1 aliphatic carbocycles. The fraction of sp³-hybridized carbons (Fsp3) is 0.708. The van der Waals surface area contributed by atoms with E-state index in [1.54, 1.807) is 0 Å². The molecule has 1 saturated carbocycles. The molecule has 29 heavy (non-hydrogen) atoms. The minimum absolute atomic E-state index is 0.229. The molecule has 0 aromatic heterocycles. The highest BCUT2D eigenvalue weighted by atomic mass is 16.2. The first-order valence-corrected chi connectivity index (χ1v) is 11.6. The zero-order valence-corrected chi connectivity index (χ0v) is 18.1. The summed E-state index contributed by atoms with van der Waals surface area (Å²) in [5.41, 5.74) is 6.60. The summed E-state index contributed by atoms with van der Waals surface area (Å²) in [6.45, 7) is 9.09. The van der Waals surface area contributed by atoms with Crippen LogP contribution in [0.2, 0.25) is 0 Å². The number of carbonyl (C=O) groups is 1. The maximum absolute atomic E-state index is 13.6. The third kappa shape index (κ3) is 3.85. The molecule has 0 spiro atoms. The van der Waals surface area contributed by atoms with Gasteiger partial charge in [-0.25, -0.2) is 0 Å². The van der Waals surface area contributed by atoms with Crippen LogP contribution in [0.5, 0.6) is 0 Å². The van der Waals surface area contributed by atoms with Crippen molar-refractivity contribution in [3.05, 3.63) is 35.9 Å². The number of piperidine rings is 2. The molecule has 4 bridgehead atoms. The van der Waals surface area contributed by atoms with Gasteiger partial charge in [0.25, 0.3) is 0 Å². The van der Waals surface area contributed by atoms with Crippen molar-refractivity contribution in [2.75, 3.05) is 32.7 Å². The zero-order valence-electron chi connectivity index (χ0n) is 18.1. The number of nitrogens with two attached hydrogens (primary N) is 1. The number of amides is 1. The molecule has 5 nitrogen and oxygen atoms in total. The van der Waals surface area contributed by atoms with Crippen molar-refractivity contribution in [3.8, 4) is 0 Å². The SMILES string of the molecule is CC(C)CN1CC2CC3CNC2(C(=O)NCCCCN)C1C3Cc1ccccc1. The van der Waals surface area contributed by atoms with Crippen molar-refractivity contribution in [1.82, 2.24) is 15.5 Å². The van der Waals surface area contributed by atoms with Gasteiger partial charge >= 0.3 is 0 Å². The normalized spacial score (nSPS) is 33.4. The van der Waals surface area contributed by atoms with Gasteiger partial charge in [0.15, 0.2) is 0 Å². The first-order chi connectivity index (χ1) is 14.1. The second-order valence-corrected chi connectivity index (χ2v) is 9.84. The lowest BCUT2D eigenvalue weighted by Crippen LogP contribution is -2.76. The number of benzene rings is 1. The van der Waals surface area contributed by atoms with E-state index in [9.17, 15) is 4.79 Å². The van der Waals surface area contributed by atoms with Crippen molar-refractivity contribution in [2.45, 2.75) is 51.1 Å². The summed E-state index contributed by atoms with van der Waals surface area (Å²) in [4.78, 5) is 16.2. The molecule has 4 aliphatic rings. The van der Waals surface area contributed by atoms with Crippen molar-refractivity contribution >= 4 is 5.91 Å². The van der Waals surface area contributed by atoms with Gasteiger partial charge in [-0.2, -0.15) is 0 Å². The van der Waals surface area contributed by atoms with Crippen LogP contribution in [0.1, 0.15) is 38.7 Å². The summed E-state index contributed by atoms with van der Waals surface area (Å²) < 4.78 is 0. The van der Waals surface area contributed by atoms with Crippen molar-refractivity contribution in [3.63, 3.8) is 0 Å². The monoisotopic (exact) mass is 398 g/mol. The molecular weight excluding hydrogens is 360 g/mol. The molecule has 5 atom stereocenters. The first-order valence-electron chi connectivity index (χ1n) is 11.6. The van der Waals surface area contributed by atoms with E-state index < -0.39 is 5.54 Å². The molecule has 3 saturated heterocycles. The molecule has 4 N–H and O–H groups in total. The van der Waals surface area contributed by atoms with Crippen molar-refractivity contribution in [2.24, 2.45) is 29.4 Å². The number of likely N-dealkylation sites (tertiary alicyclic amines) is 1. The molecule has 3 heterocycles. The molecule has 5 rings (SSSR count). The van der Waals surface area contributed by atoms with Gasteiger partial charge in [0.1, 0.15) is 5.54 Å². The Morgan fingerprint density at radius 3 is 2.83 bits per heavy atom. The van der Waals surface area contributed by atoms with Crippen LogP contribution in [0.3, 0.4) is 0 Å². The lowest BCUT2D eigenvalue weighted by Gasteiger charge is -2.56. The zero-order chi connectivity index (χ0) is 20.4. The minimum atomic E-state index is -0.425. The van der Waals surface area contributed by atoms with Crippen LogP contribution in [0.25, 0.3) is 0 Å². The molecule has 1 amide bonds. The number of rotatable bonds is 9. The maximum atomic E-state index is 13.6. The topological polar surface area (TPSA) is 70.4 Å². The Kier molecular flexibility index (Phi) is 6.28. The predicted molar refractivity (Wildman–Crippen MR) is 117 cm³/mol. The number of carbonyl (C=O) groups excluding carboxylic acids is 1. The second kappa shape index (κ2) is 8.75. The number of nitrogens with zero attached hydrogens (tertiary/aromatic N) is 1. The highest BCUT2D eigenvalue weighted by Gasteiger charge is 2.67. The molecule has 0 radical (unpaired) electrons. The van der Waals surface area contributed by atoms with Crippen LogP contribution in [-0.2, 0) is 11.2 Å². The van der Waals surface area contributed by atoms with E-state index in [4.69, 9.17) is 5.73 Å². The van der Waals surface area contributed by atoms with E-state index in [1.807, 2.05) is 0 Å². The fourth-order valence-electron chi connectivity index (χ4n) is 6.36. The van der Waals surface area contributed by atoms with Crippen molar-refractivity contribution in [1.29, 1.82) is 0 Å². The smallest absolute Gasteiger partial charge is 0.242 e. The van der Waals surface area contributed by atoms with Crippen LogP contribution < -0.4 is 16.4 Å². The van der Waals surface area contributed by atoms with Crippen LogP contribution in [0, 0.1) is 23.7 Å². The summed E-state index contributed by atoms with van der Waals surface area (Å²) in [6.07, 6.45) is 4.17. The van der Waals surface area contributed by atoms with Gasteiger partial charge in [-0.1, -0.05) is 44.2 Å². The lowest BCUT2D eigenvalue weighted by molar-refractivity contribution is -0.138. The van der Waals surface area contributed by atoms with E-state index in [1.165, 1.54) is 12.0 Å². The van der Waals surface area contributed by atoms with Crippen LogP contribution >= 0.6 is 0 Å². The summed E-state index contributed by atoms with van der Waals surface area (Å²) in [6, 6.07) is 11.1. The third-order valence-electron chi connectivity index (χ3n) is 7.42. The summed E-state index contributed by atoms with van der Waals surface area (Å²) in [5.74, 6) is 2.45. The van der Waals surface area contributed by atoms with Crippen molar-refractivity contribution < 1.29 is 4.79 Å². The maximum Gasteiger partial charge on any atom is 0.242 e. The second-order valence-electron chi connectivity index (χ2n) is 9.84. The largest absolute Gasteiger partial charge is 0.354 e. The van der Waals surface area contributed by atoms with Crippen LogP contribution in [-0.4, -0.2) is 55.1 Å². The molecule has 1 aromatic rings. The van der Waals surface area contributed by atoms with E-state index in [-0.39, 0.29) is 11.9 Å². The average Bonchev–Trinajstić information content (AvgIpc) is 2.97. The van der Waals surface area contributed by atoms with Gasteiger partial charge in [-0.05, 0) is 62.1 Å². The number of unbranched alkanes of at least 4 members (excludes halogenated alkanes) is 1. The van der Waals surface area contributed by atoms with Gasteiger partial charge in [0, 0.05) is 31.6 Å². The highest BCUT2D eigenvalue weighted by Crippen LogP contribution is 2.53. The highest BCUT2D eigenvalue weighted by molar-refractivity contribution is 5.89. The molecule has 4 fully saturated rings. The fourth-order valence-corrected chi connectivity index (χ4v) is 6.36. The van der Waals surface area contributed by atoms with E-state index in [2.05, 4.69) is 59.7 Å². The Labute approximate surface area is 175 Å². The molecule has 3 aliphatic heterocycles. The summed E-state index contributed by atoms with van der Waals surface area (Å²) >= 11 is 0. The van der Waals surface area contributed by atoms with Crippen LogP contribution in [0.15, 0.2) is 30.3 Å². The Bertz CT molecular complexity index is 693. The molecule has 5 heteroatoms. The van der Waals surface area contributed by atoms with Gasteiger partial charge in [0.05, 0.1) is 0 Å². The van der Waals surface area contributed by atoms with Crippen LogP contribution in [0.4, 0.5) is 0 Å². The summed E-state index contributed by atoms with van der Waals surface area (Å²) in [5, 5.41) is 7.05. The Morgan fingerprint density at radius 2 is 2.10 bits per heavy atom. The summed E-state index contributed by atoms with van der Waals surface area (Å²) in [7, 11) is 0. The lowest BCUT2D eigenvalue weighted by atomic mass is 9.58. The van der Waals surface area contributed by atoms with Gasteiger partial charge in [-0.3, -0.25) is 9.69 Å². The minimum Gasteiger partial charge on any atom is -0.354 e. The Balaban J connectivity index is 1.60. The molecular formula is C24H38N4O. The van der Waals surface area contributed by atoms with Gasteiger partial charge in [-0.15, -0.1) is 0 Å². The van der Waals surface area contributed by atoms with Gasteiger partial charge in [0.2, 0.25) is 5.91 Å². The average molecular weight is 399 g/mol. The number of hydrogen-bond acceptors (Lipinski definition) is 4. The van der Waals surface area contributed by atoms with E-state index in [0.29, 0.717) is 30.2 Å². The van der Waals surface area contributed by atoms with Gasteiger partial charge < -0.3 is 16.4 Å². The molecule has 160 valence electrons. The third-order valence-corrected chi connectivity index (χ3v) is 7.42. The quantitative estimate of drug-likeness (QED) is 0.557. The van der Waals surface area contributed by atoms with E-state index in [0.717, 1.165) is 45.4 Å². The number of nitrogens with one attached hydrogen (secondary N) is 2. The Hall–Kier alpha value is -1.43.